The highest BCUT2D eigenvalue weighted by Gasteiger charge is 2.17. The first-order chi connectivity index (χ1) is 14.7. The van der Waals surface area contributed by atoms with Gasteiger partial charge in [-0.15, -0.1) is 11.8 Å². The number of aromatic amines is 1. The maximum atomic E-state index is 5.49. The van der Waals surface area contributed by atoms with E-state index in [0.29, 0.717) is 6.04 Å². The SMILES string of the molecule is Cc1cc(Nc2cc(NC3CCOCC3)nc(-c3ccc4c(c3)SCCC4)n2)n[nH]1. The van der Waals surface area contributed by atoms with Crippen LogP contribution in [0.3, 0.4) is 0 Å². The minimum Gasteiger partial charge on any atom is -0.381 e. The van der Waals surface area contributed by atoms with Crippen molar-refractivity contribution in [2.75, 3.05) is 29.6 Å². The Labute approximate surface area is 180 Å². The van der Waals surface area contributed by atoms with E-state index in [9.17, 15) is 0 Å². The van der Waals surface area contributed by atoms with Crippen LogP contribution in [0.1, 0.15) is 30.5 Å². The molecule has 7 nitrogen and oxygen atoms in total. The summed E-state index contributed by atoms with van der Waals surface area (Å²) in [4.78, 5) is 11.0. The van der Waals surface area contributed by atoms with E-state index in [0.717, 1.165) is 67.0 Å². The zero-order chi connectivity index (χ0) is 20.3. The molecule has 1 fully saturated rings. The third-order valence-electron chi connectivity index (χ3n) is 5.43. The summed E-state index contributed by atoms with van der Waals surface area (Å²) in [6, 6.07) is 10.9. The molecule has 0 amide bonds. The molecule has 1 aromatic carbocycles. The van der Waals surface area contributed by atoms with Crippen LogP contribution in [0.15, 0.2) is 35.2 Å². The van der Waals surface area contributed by atoms with E-state index in [1.165, 1.54) is 22.6 Å². The van der Waals surface area contributed by atoms with Crippen LogP contribution >= 0.6 is 11.8 Å². The molecule has 3 aromatic rings. The van der Waals surface area contributed by atoms with Crippen LogP contribution in [-0.4, -0.2) is 45.2 Å². The zero-order valence-corrected chi connectivity index (χ0v) is 17.9. The largest absolute Gasteiger partial charge is 0.381 e. The summed E-state index contributed by atoms with van der Waals surface area (Å²) in [5.74, 6) is 4.19. The zero-order valence-electron chi connectivity index (χ0n) is 17.1. The Morgan fingerprint density at radius 1 is 1.07 bits per heavy atom. The van der Waals surface area contributed by atoms with E-state index in [4.69, 9.17) is 14.7 Å². The van der Waals surface area contributed by atoms with Crippen molar-refractivity contribution in [2.45, 2.75) is 43.5 Å². The molecule has 0 saturated carbocycles. The monoisotopic (exact) mass is 422 g/mol. The number of fused-ring (bicyclic) bond motifs is 1. The quantitative estimate of drug-likeness (QED) is 0.556. The van der Waals surface area contributed by atoms with E-state index in [1.807, 2.05) is 30.8 Å². The van der Waals surface area contributed by atoms with Crippen molar-refractivity contribution in [3.8, 4) is 11.4 Å². The number of H-pyrrole nitrogens is 1. The lowest BCUT2D eigenvalue weighted by atomic mass is 10.1. The first-order valence-electron chi connectivity index (χ1n) is 10.5. The molecule has 0 aliphatic carbocycles. The topological polar surface area (TPSA) is 87.8 Å². The summed E-state index contributed by atoms with van der Waals surface area (Å²) in [5, 5.41) is 14.1. The second kappa shape index (κ2) is 8.65. The van der Waals surface area contributed by atoms with E-state index in [-0.39, 0.29) is 0 Å². The molecule has 30 heavy (non-hydrogen) atoms. The number of hydrogen-bond acceptors (Lipinski definition) is 7. The fourth-order valence-electron chi connectivity index (χ4n) is 3.86. The van der Waals surface area contributed by atoms with E-state index in [1.54, 1.807) is 0 Å². The summed E-state index contributed by atoms with van der Waals surface area (Å²) < 4.78 is 5.49. The second-order valence-electron chi connectivity index (χ2n) is 7.83. The van der Waals surface area contributed by atoms with Gasteiger partial charge in [-0.25, -0.2) is 9.97 Å². The molecule has 2 aliphatic heterocycles. The molecule has 0 radical (unpaired) electrons. The molecule has 4 heterocycles. The molecule has 2 aromatic heterocycles. The Bertz CT molecular complexity index is 1030. The number of nitrogens with zero attached hydrogens (tertiary/aromatic N) is 3. The minimum atomic E-state index is 0.362. The predicted molar refractivity (Wildman–Crippen MR) is 121 cm³/mol. The number of nitrogens with one attached hydrogen (secondary N) is 3. The smallest absolute Gasteiger partial charge is 0.163 e. The Morgan fingerprint density at radius 2 is 1.93 bits per heavy atom. The summed E-state index contributed by atoms with van der Waals surface area (Å²) >= 11 is 1.92. The standard InChI is InChI=1S/C22H26N6OS/c1-14-11-21(28-27-14)24-20-13-19(23-17-6-8-29-9-7-17)25-22(26-20)16-5-4-15-3-2-10-30-18(15)12-16/h4-5,11-13,17H,2-3,6-10H2,1H3,(H3,23,24,25,26,27,28). The number of aromatic nitrogens is 4. The van der Waals surface area contributed by atoms with Crippen LogP contribution in [0.25, 0.3) is 11.4 Å². The lowest BCUT2D eigenvalue weighted by Gasteiger charge is -2.24. The van der Waals surface area contributed by atoms with Crippen LogP contribution in [0, 0.1) is 6.92 Å². The van der Waals surface area contributed by atoms with Crippen molar-refractivity contribution >= 4 is 29.2 Å². The average molecular weight is 423 g/mol. The molecule has 0 bridgehead atoms. The van der Waals surface area contributed by atoms with Crippen molar-refractivity contribution in [1.29, 1.82) is 0 Å². The lowest BCUT2D eigenvalue weighted by molar-refractivity contribution is 0.0904. The van der Waals surface area contributed by atoms with Crippen molar-refractivity contribution in [3.63, 3.8) is 0 Å². The van der Waals surface area contributed by atoms with Gasteiger partial charge in [-0.3, -0.25) is 5.10 Å². The van der Waals surface area contributed by atoms with Gasteiger partial charge in [-0.1, -0.05) is 12.1 Å². The third-order valence-corrected chi connectivity index (χ3v) is 6.62. The second-order valence-corrected chi connectivity index (χ2v) is 8.97. The highest BCUT2D eigenvalue weighted by molar-refractivity contribution is 7.99. The molecule has 156 valence electrons. The first kappa shape index (κ1) is 19.4. The number of anilines is 3. The fourth-order valence-corrected chi connectivity index (χ4v) is 4.93. The number of ether oxygens (including phenoxy) is 1. The van der Waals surface area contributed by atoms with Gasteiger partial charge >= 0.3 is 0 Å². The van der Waals surface area contributed by atoms with Gasteiger partial charge in [0, 0.05) is 47.5 Å². The molecule has 0 spiro atoms. The van der Waals surface area contributed by atoms with Gasteiger partial charge in [0.25, 0.3) is 0 Å². The molecule has 2 aliphatic rings. The van der Waals surface area contributed by atoms with Crippen molar-refractivity contribution in [3.05, 3.63) is 41.6 Å². The van der Waals surface area contributed by atoms with Gasteiger partial charge in [0.1, 0.15) is 11.6 Å². The van der Waals surface area contributed by atoms with Gasteiger partial charge in [0.05, 0.1) is 0 Å². The first-order valence-corrected chi connectivity index (χ1v) is 11.5. The van der Waals surface area contributed by atoms with Crippen molar-refractivity contribution in [2.24, 2.45) is 0 Å². The van der Waals surface area contributed by atoms with Crippen LogP contribution in [0.2, 0.25) is 0 Å². The summed E-state index contributed by atoms with van der Waals surface area (Å²) in [6.45, 7) is 3.55. The lowest BCUT2D eigenvalue weighted by Crippen LogP contribution is -2.28. The number of hydrogen-bond donors (Lipinski definition) is 3. The Balaban J connectivity index is 1.48. The fraction of sp³-hybridized carbons (Fsp3) is 0.409. The predicted octanol–water partition coefficient (Wildman–Crippen LogP) is 4.55. The Kier molecular flexibility index (Phi) is 5.59. The average Bonchev–Trinajstić information content (AvgIpc) is 3.18. The van der Waals surface area contributed by atoms with Gasteiger partial charge in [0.2, 0.25) is 0 Å². The van der Waals surface area contributed by atoms with E-state index in [2.05, 4.69) is 39.0 Å². The number of rotatable bonds is 5. The minimum absolute atomic E-state index is 0.362. The summed E-state index contributed by atoms with van der Waals surface area (Å²) in [5.41, 5.74) is 3.47. The Hall–Kier alpha value is -2.58. The molecule has 5 rings (SSSR count). The number of aryl methyl sites for hydroxylation is 2. The maximum Gasteiger partial charge on any atom is 0.163 e. The Morgan fingerprint density at radius 3 is 2.77 bits per heavy atom. The normalized spacial score (nSPS) is 16.8. The van der Waals surface area contributed by atoms with Crippen molar-refractivity contribution < 1.29 is 4.74 Å². The van der Waals surface area contributed by atoms with Gasteiger partial charge in [-0.05, 0) is 50.0 Å². The van der Waals surface area contributed by atoms with Crippen LogP contribution < -0.4 is 10.6 Å². The number of thioether (sulfide) groups is 1. The molecular weight excluding hydrogens is 396 g/mol. The molecule has 3 N–H and O–H groups in total. The van der Waals surface area contributed by atoms with E-state index < -0.39 is 0 Å². The van der Waals surface area contributed by atoms with Crippen molar-refractivity contribution in [1.82, 2.24) is 20.2 Å². The summed E-state index contributed by atoms with van der Waals surface area (Å²) in [6.07, 6.45) is 4.36. The molecule has 8 heteroatoms. The highest BCUT2D eigenvalue weighted by atomic mass is 32.2. The third kappa shape index (κ3) is 4.44. The van der Waals surface area contributed by atoms with Crippen LogP contribution in [0.5, 0.6) is 0 Å². The van der Waals surface area contributed by atoms with Gasteiger partial charge in [0.15, 0.2) is 11.6 Å². The van der Waals surface area contributed by atoms with Gasteiger partial charge < -0.3 is 15.4 Å². The highest BCUT2D eigenvalue weighted by Crippen LogP contribution is 2.33. The maximum absolute atomic E-state index is 5.49. The van der Waals surface area contributed by atoms with Gasteiger partial charge in [-0.2, -0.15) is 5.10 Å². The van der Waals surface area contributed by atoms with Crippen LogP contribution in [0.4, 0.5) is 17.5 Å². The molecule has 1 saturated heterocycles. The molecular formula is C22H26N6OS. The number of benzene rings is 1. The summed E-state index contributed by atoms with van der Waals surface area (Å²) in [7, 11) is 0. The molecule has 0 atom stereocenters. The van der Waals surface area contributed by atoms with E-state index >= 15 is 0 Å². The molecule has 0 unspecified atom stereocenters. The van der Waals surface area contributed by atoms with Crippen LogP contribution in [-0.2, 0) is 11.2 Å².